The molecule has 0 aliphatic rings. The molecule has 30 heavy (non-hydrogen) atoms. The topological polar surface area (TPSA) is 55.4 Å². The van der Waals surface area contributed by atoms with Crippen molar-refractivity contribution in [2.75, 3.05) is 7.11 Å². The van der Waals surface area contributed by atoms with Crippen molar-refractivity contribution < 1.29 is 27.5 Å². The van der Waals surface area contributed by atoms with Crippen molar-refractivity contribution in [3.63, 3.8) is 0 Å². The summed E-state index contributed by atoms with van der Waals surface area (Å²) in [4.78, 5) is 26.1. The standard InChI is InChI=1S/C23H26F3NO3/c1-5-16(3)19(20(28)17-13-11-15(2)12-14-17)27-21(29)22(30-4,23(24,25)26)18-9-7-6-8-10-18/h6-14,16,19H,5H2,1-4H3,(H,27,29)/t16?,19-,22?/m0/s1. The largest absolute Gasteiger partial charge is 0.430 e. The maximum atomic E-state index is 14.1. The summed E-state index contributed by atoms with van der Waals surface area (Å²) in [7, 11) is 0.833. The molecule has 0 saturated heterocycles. The number of aryl methyl sites for hydroxylation is 1. The zero-order valence-electron chi connectivity index (χ0n) is 17.4. The number of halogens is 3. The van der Waals surface area contributed by atoms with Crippen LogP contribution < -0.4 is 5.32 Å². The van der Waals surface area contributed by atoms with E-state index in [9.17, 15) is 22.8 Å². The molecule has 0 radical (unpaired) electrons. The van der Waals surface area contributed by atoms with Crippen molar-refractivity contribution in [1.29, 1.82) is 0 Å². The number of hydrogen-bond donors (Lipinski definition) is 1. The van der Waals surface area contributed by atoms with Gasteiger partial charge in [-0.1, -0.05) is 80.4 Å². The SMILES string of the molecule is CCC(C)[C@H](NC(=O)C(OC)(c1ccccc1)C(F)(F)F)C(=O)c1ccc(C)cc1. The van der Waals surface area contributed by atoms with Crippen molar-refractivity contribution in [1.82, 2.24) is 5.32 Å². The lowest BCUT2D eigenvalue weighted by Crippen LogP contribution is -2.59. The molecule has 3 atom stereocenters. The van der Waals surface area contributed by atoms with Gasteiger partial charge in [0.2, 0.25) is 0 Å². The minimum absolute atomic E-state index is 0.320. The first-order chi connectivity index (χ1) is 14.1. The Labute approximate surface area is 174 Å². The van der Waals surface area contributed by atoms with E-state index in [1.807, 2.05) is 6.92 Å². The van der Waals surface area contributed by atoms with Crippen LogP contribution in [-0.2, 0) is 15.1 Å². The quantitative estimate of drug-likeness (QED) is 0.622. The average Bonchev–Trinajstić information content (AvgIpc) is 2.72. The lowest BCUT2D eigenvalue weighted by molar-refractivity contribution is -0.266. The number of carbonyl (C=O) groups excluding carboxylic acids is 2. The molecule has 2 rings (SSSR count). The molecule has 0 aliphatic carbocycles. The van der Waals surface area contributed by atoms with E-state index in [2.05, 4.69) is 5.32 Å². The Morgan fingerprint density at radius 3 is 2.07 bits per heavy atom. The van der Waals surface area contributed by atoms with Crippen LogP contribution in [0.2, 0.25) is 0 Å². The fourth-order valence-electron chi connectivity index (χ4n) is 3.26. The van der Waals surface area contributed by atoms with Crippen LogP contribution in [-0.4, -0.2) is 31.0 Å². The molecule has 0 heterocycles. The van der Waals surface area contributed by atoms with Crippen molar-refractivity contribution in [3.8, 4) is 0 Å². The summed E-state index contributed by atoms with van der Waals surface area (Å²) in [5.74, 6) is -2.26. The zero-order chi connectivity index (χ0) is 22.5. The van der Waals surface area contributed by atoms with E-state index in [0.29, 0.717) is 12.0 Å². The summed E-state index contributed by atoms with van der Waals surface area (Å²) in [5.41, 5.74) is -2.33. The second kappa shape index (κ2) is 9.43. The third-order valence-electron chi connectivity index (χ3n) is 5.32. The van der Waals surface area contributed by atoms with E-state index in [4.69, 9.17) is 4.74 Å². The predicted molar refractivity (Wildman–Crippen MR) is 108 cm³/mol. The summed E-state index contributed by atoms with van der Waals surface area (Å²) in [6, 6.07) is 12.2. The van der Waals surface area contributed by atoms with E-state index >= 15 is 0 Å². The fraction of sp³-hybridized carbons (Fsp3) is 0.391. The van der Waals surface area contributed by atoms with Gasteiger partial charge in [0, 0.05) is 18.2 Å². The van der Waals surface area contributed by atoms with Gasteiger partial charge in [-0.2, -0.15) is 13.2 Å². The molecule has 1 N–H and O–H groups in total. The highest BCUT2D eigenvalue weighted by atomic mass is 19.4. The van der Waals surface area contributed by atoms with E-state index in [1.54, 1.807) is 44.2 Å². The van der Waals surface area contributed by atoms with Gasteiger partial charge in [-0.15, -0.1) is 0 Å². The van der Waals surface area contributed by atoms with Crippen LogP contribution in [0.15, 0.2) is 54.6 Å². The van der Waals surface area contributed by atoms with Crippen LogP contribution in [0.25, 0.3) is 0 Å². The highest BCUT2D eigenvalue weighted by Crippen LogP contribution is 2.42. The Hall–Kier alpha value is -2.67. The number of methoxy groups -OCH3 is 1. The normalized spacial score (nSPS) is 15.7. The number of ether oxygens (including phenoxy) is 1. The number of nitrogens with one attached hydrogen (secondary N) is 1. The van der Waals surface area contributed by atoms with Crippen LogP contribution in [0.4, 0.5) is 13.2 Å². The van der Waals surface area contributed by atoms with E-state index in [1.165, 1.54) is 24.3 Å². The molecule has 0 saturated carbocycles. The Balaban J connectivity index is 2.48. The number of alkyl halides is 3. The molecular formula is C23H26F3NO3. The first-order valence-corrected chi connectivity index (χ1v) is 9.67. The molecule has 0 bridgehead atoms. The minimum atomic E-state index is -5.04. The Morgan fingerprint density at radius 2 is 1.60 bits per heavy atom. The van der Waals surface area contributed by atoms with Crippen molar-refractivity contribution in [2.45, 2.75) is 45.0 Å². The monoisotopic (exact) mass is 421 g/mol. The molecule has 1 amide bonds. The third-order valence-corrected chi connectivity index (χ3v) is 5.32. The smallest absolute Gasteiger partial charge is 0.356 e. The van der Waals surface area contributed by atoms with Crippen LogP contribution >= 0.6 is 0 Å². The number of rotatable bonds is 8. The lowest BCUT2D eigenvalue weighted by atomic mass is 9.88. The number of carbonyl (C=O) groups is 2. The summed E-state index contributed by atoms with van der Waals surface area (Å²) in [6.07, 6.45) is -4.56. The average molecular weight is 421 g/mol. The molecule has 0 fully saturated rings. The van der Waals surface area contributed by atoms with Crippen molar-refractivity contribution in [3.05, 3.63) is 71.3 Å². The lowest BCUT2D eigenvalue weighted by Gasteiger charge is -2.35. The van der Waals surface area contributed by atoms with Gasteiger partial charge in [0.25, 0.3) is 11.5 Å². The summed E-state index contributed by atoms with van der Waals surface area (Å²) in [5, 5.41) is 2.34. The molecule has 2 aromatic rings. The maximum Gasteiger partial charge on any atom is 0.430 e. The molecule has 0 aliphatic heterocycles. The second-order valence-electron chi connectivity index (χ2n) is 7.32. The summed E-state index contributed by atoms with van der Waals surface area (Å²) >= 11 is 0. The van der Waals surface area contributed by atoms with Gasteiger partial charge in [-0.25, -0.2) is 0 Å². The number of benzene rings is 2. The number of amides is 1. The zero-order valence-corrected chi connectivity index (χ0v) is 17.4. The molecule has 2 aromatic carbocycles. The van der Waals surface area contributed by atoms with Crippen molar-refractivity contribution >= 4 is 11.7 Å². The van der Waals surface area contributed by atoms with Gasteiger partial charge in [0.1, 0.15) is 0 Å². The highest BCUT2D eigenvalue weighted by molar-refractivity contribution is 6.03. The predicted octanol–water partition coefficient (Wildman–Crippen LogP) is 4.81. The van der Waals surface area contributed by atoms with Crippen LogP contribution in [0.1, 0.15) is 41.8 Å². The second-order valence-corrected chi connectivity index (χ2v) is 7.32. The number of ketones is 1. The molecule has 0 aromatic heterocycles. The molecule has 2 unspecified atom stereocenters. The Kier molecular flexibility index (Phi) is 7.42. The maximum absolute atomic E-state index is 14.1. The van der Waals surface area contributed by atoms with Gasteiger partial charge < -0.3 is 10.1 Å². The first-order valence-electron chi connectivity index (χ1n) is 9.67. The van der Waals surface area contributed by atoms with Gasteiger partial charge >= 0.3 is 6.18 Å². The van der Waals surface area contributed by atoms with Crippen molar-refractivity contribution in [2.24, 2.45) is 5.92 Å². The fourth-order valence-corrected chi connectivity index (χ4v) is 3.26. The Bertz CT molecular complexity index is 866. The molecule has 7 heteroatoms. The molecular weight excluding hydrogens is 395 g/mol. The van der Waals surface area contributed by atoms with E-state index in [-0.39, 0.29) is 11.5 Å². The highest BCUT2D eigenvalue weighted by Gasteiger charge is 2.63. The third kappa shape index (κ3) is 4.56. The van der Waals surface area contributed by atoms with Crippen LogP contribution in [0, 0.1) is 12.8 Å². The van der Waals surface area contributed by atoms with Gasteiger partial charge in [-0.3, -0.25) is 9.59 Å². The van der Waals surface area contributed by atoms with E-state index in [0.717, 1.165) is 12.7 Å². The van der Waals surface area contributed by atoms with Gasteiger partial charge in [0.15, 0.2) is 5.78 Å². The molecule has 0 spiro atoms. The van der Waals surface area contributed by atoms with Gasteiger partial charge in [-0.05, 0) is 12.8 Å². The first kappa shape index (κ1) is 23.6. The van der Waals surface area contributed by atoms with Crippen LogP contribution in [0.5, 0.6) is 0 Å². The molecule has 162 valence electrons. The Morgan fingerprint density at radius 1 is 1.03 bits per heavy atom. The number of Topliss-reactive ketones (excluding diaryl/α,β-unsaturated/α-hetero) is 1. The summed E-state index contributed by atoms with van der Waals surface area (Å²) in [6.45, 7) is 5.37. The number of hydrogen-bond acceptors (Lipinski definition) is 3. The minimum Gasteiger partial charge on any atom is -0.356 e. The molecule has 4 nitrogen and oxygen atoms in total. The van der Waals surface area contributed by atoms with Gasteiger partial charge in [0.05, 0.1) is 6.04 Å². The van der Waals surface area contributed by atoms with E-state index < -0.39 is 29.5 Å². The van der Waals surface area contributed by atoms with Crippen LogP contribution in [0.3, 0.4) is 0 Å². The summed E-state index contributed by atoms with van der Waals surface area (Å²) < 4.78 is 47.2.